The Kier molecular flexibility index (Phi) is 4.24. The van der Waals surface area contributed by atoms with Crippen molar-refractivity contribution in [2.24, 2.45) is 0 Å². The Labute approximate surface area is 139 Å². The van der Waals surface area contributed by atoms with Gasteiger partial charge in [0, 0.05) is 48.9 Å². The fourth-order valence-corrected chi connectivity index (χ4v) is 2.53. The van der Waals surface area contributed by atoms with Gasteiger partial charge >= 0.3 is 0 Å². The molecule has 3 aromatic rings. The van der Waals surface area contributed by atoms with Crippen LogP contribution in [0.3, 0.4) is 0 Å². The average molecular weight is 323 g/mol. The van der Waals surface area contributed by atoms with Gasteiger partial charge in [0.25, 0.3) is 0 Å². The summed E-state index contributed by atoms with van der Waals surface area (Å²) >= 11 is 0. The van der Waals surface area contributed by atoms with E-state index in [1.54, 1.807) is 32.7 Å². The first kappa shape index (κ1) is 15.7. The highest BCUT2D eigenvalue weighted by atomic mass is 16.5. The molecule has 0 aliphatic rings. The van der Waals surface area contributed by atoms with Crippen molar-refractivity contribution in [3.8, 4) is 17.0 Å². The van der Waals surface area contributed by atoms with Gasteiger partial charge in [-0.3, -0.25) is 9.78 Å². The SMILES string of the molecule is CNc1ncc(-c2ncccc2OC)c2cc(NC(C)=O)ncc12. The topological polar surface area (TPSA) is 89.0 Å². The van der Waals surface area contributed by atoms with Crippen molar-refractivity contribution in [3.05, 3.63) is 36.8 Å². The Morgan fingerprint density at radius 3 is 2.71 bits per heavy atom. The van der Waals surface area contributed by atoms with E-state index in [2.05, 4.69) is 25.6 Å². The number of fused-ring (bicyclic) bond motifs is 1. The van der Waals surface area contributed by atoms with Gasteiger partial charge in [0.1, 0.15) is 23.1 Å². The zero-order chi connectivity index (χ0) is 17.1. The standard InChI is InChI=1S/C17H17N5O2/c1-10(23)22-15-7-11-12(16-14(24-3)5-4-6-19-16)8-21-17(18-2)13(11)9-20-15/h4-9H,1-3H3,(H,18,21)(H,20,22,23). The molecule has 0 aromatic carbocycles. The average Bonchev–Trinajstić information content (AvgIpc) is 2.60. The maximum atomic E-state index is 11.3. The monoisotopic (exact) mass is 323 g/mol. The predicted octanol–water partition coefficient (Wildman–Crippen LogP) is 2.70. The lowest BCUT2D eigenvalue weighted by Crippen LogP contribution is -2.07. The van der Waals surface area contributed by atoms with Crippen LogP contribution in [0, 0.1) is 0 Å². The molecule has 3 heterocycles. The number of carbonyl (C=O) groups is 1. The minimum absolute atomic E-state index is 0.179. The van der Waals surface area contributed by atoms with Gasteiger partial charge in [-0.05, 0) is 18.2 Å². The van der Waals surface area contributed by atoms with Crippen molar-refractivity contribution in [1.82, 2.24) is 15.0 Å². The molecule has 0 aliphatic carbocycles. The smallest absolute Gasteiger partial charge is 0.222 e. The van der Waals surface area contributed by atoms with Crippen LogP contribution in [0.4, 0.5) is 11.6 Å². The summed E-state index contributed by atoms with van der Waals surface area (Å²) in [6.07, 6.45) is 5.11. The summed E-state index contributed by atoms with van der Waals surface area (Å²) < 4.78 is 5.41. The fourth-order valence-electron chi connectivity index (χ4n) is 2.53. The summed E-state index contributed by atoms with van der Waals surface area (Å²) in [5.74, 6) is 1.64. The van der Waals surface area contributed by atoms with Crippen LogP contribution in [0.2, 0.25) is 0 Å². The molecule has 3 rings (SSSR count). The maximum absolute atomic E-state index is 11.3. The molecule has 0 saturated heterocycles. The predicted molar refractivity (Wildman–Crippen MR) is 93.2 cm³/mol. The number of rotatable bonds is 4. The van der Waals surface area contributed by atoms with Crippen molar-refractivity contribution >= 4 is 28.3 Å². The number of nitrogens with zero attached hydrogens (tertiary/aromatic N) is 3. The van der Waals surface area contributed by atoms with E-state index < -0.39 is 0 Å². The number of carbonyl (C=O) groups excluding carboxylic acids is 1. The van der Waals surface area contributed by atoms with Crippen LogP contribution in [0.1, 0.15) is 6.92 Å². The van der Waals surface area contributed by atoms with Gasteiger partial charge in [-0.2, -0.15) is 0 Å². The maximum Gasteiger partial charge on any atom is 0.222 e. The lowest BCUT2D eigenvalue weighted by Gasteiger charge is -2.13. The molecule has 122 valence electrons. The molecule has 0 bridgehead atoms. The Hall–Kier alpha value is -3.22. The molecule has 3 aromatic heterocycles. The van der Waals surface area contributed by atoms with Gasteiger partial charge in [-0.25, -0.2) is 9.97 Å². The van der Waals surface area contributed by atoms with Crippen LogP contribution in [0.15, 0.2) is 36.8 Å². The van der Waals surface area contributed by atoms with Crippen LogP contribution < -0.4 is 15.4 Å². The minimum atomic E-state index is -0.179. The molecule has 0 aliphatic heterocycles. The first-order valence-corrected chi connectivity index (χ1v) is 7.37. The van der Waals surface area contributed by atoms with Crippen LogP contribution >= 0.6 is 0 Å². The van der Waals surface area contributed by atoms with E-state index in [0.29, 0.717) is 23.1 Å². The van der Waals surface area contributed by atoms with Gasteiger partial charge in [-0.15, -0.1) is 0 Å². The molecule has 24 heavy (non-hydrogen) atoms. The van der Waals surface area contributed by atoms with E-state index in [4.69, 9.17) is 4.74 Å². The molecular weight excluding hydrogens is 306 g/mol. The number of pyridine rings is 3. The third-order valence-electron chi connectivity index (χ3n) is 3.56. The fraction of sp³-hybridized carbons (Fsp3) is 0.176. The Morgan fingerprint density at radius 1 is 1.17 bits per heavy atom. The summed E-state index contributed by atoms with van der Waals surface area (Å²) in [7, 11) is 3.40. The van der Waals surface area contributed by atoms with E-state index in [-0.39, 0.29) is 5.91 Å². The van der Waals surface area contributed by atoms with Crippen molar-refractivity contribution < 1.29 is 9.53 Å². The lowest BCUT2D eigenvalue weighted by molar-refractivity contribution is -0.114. The van der Waals surface area contributed by atoms with Gasteiger partial charge in [-0.1, -0.05) is 0 Å². The number of anilines is 2. The van der Waals surface area contributed by atoms with Gasteiger partial charge in [0.05, 0.1) is 7.11 Å². The van der Waals surface area contributed by atoms with Crippen molar-refractivity contribution in [1.29, 1.82) is 0 Å². The molecule has 0 fully saturated rings. The van der Waals surface area contributed by atoms with Crippen molar-refractivity contribution in [3.63, 3.8) is 0 Å². The molecule has 0 radical (unpaired) electrons. The Morgan fingerprint density at radius 2 is 2.00 bits per heavy atom. The number of ether oxygens (including phenoxy) is 1. The van der Waals surface area contributed by atoms with Gasteiger partial charge in [0.15, 0.2) is 0 Å². The molecule has 0 saturated carbocycles. The number of aromatic nitrogens is 3. The minimum Gasteiger partial charge on any atom is -0.494 e. The second-order valence-electron chi connectivity index (χ2n) is 5.12. The third-order valence-corrected chi connectivity index (χ3v) is 3.56. The van der Waals surface area contributed by atoms with Crippen LogP contribution in [-0.2, 0) is 4.79 Å². The van der Waals surface area contributed by atoms with Gasteiger partial charge in [0.2, 0.25) is 5.91 Å². The number of methoxy groups -OCH3 is 1. The molecule has 2 N–H and O–H groups in total. The molecule has 7 nitrogen and oxygen atoms in total. The molecule has 0 spiro atoms. The van der Waals surface area contributed by atoms with Crippen LogP contribution in [-0.4, -0.2) is 35.0 Å². The second kappa shape index (κ2) is 6.49. The second-order valence-corrected chi connectivity index (χ2v) is 5.12. The quantitative estimate of drug-likeness (QED) is 0.767. The summed E-state index contributed by atoms with van der Waals surface area (Å²) in [6, 6.07) is 5.46. The third kappa shape index (κ3) is 2.83. The van der Waals surface area contributed by atoms with E-state index in [0.717, 1.165) is 16.3 Å². The number of amides is 1. The zero-order valence-electron chi connectivity index (χ0n) is 13.6. The molecular formula is C17H17N5O2. The highest BCUT2D eigenvalue weighted by molar-refractivity contribution is 6.03. The molecule has 1 amide bonds. The number of hydrogen-bond acceptors (Lipinski definition) is 6. The summed E-state index contributed by atoms with van der Waals surface area (Å²) in [5.41, 5.74) is 1.48. The molecule has 7 heteroatoms. The highest BCUT2D eigenvalue weighted by Gasteiger charge is 2.14. The molecule has 0 atom stereocenters. The van der Waals surface area contributed by atoms with E-state index in [9.17, 15) is 4.79 Å². The highest BCUT2D eigenvalue weighted by Crippen LogP contribution is 2.35. The summed E-state index contributed by atoms with van der Waals surface area (Å²) in [5, 5.41) is 7.44. The Bertz CT molecular complexity index is 911. The largest absolute Gasteiger partial charge is 0.494 e. The van der Waals surface area contributed by atoms with Gasteiger partial charge < -0.3 is 15.4 Å². The van der Waals surface area contributed by atoms with E-state index in [1.807, 2.05) is 18.2 Å². The van der Waals surface area contributed by atoms with Crippen LogP contribution in [0.25, 0.3) is 22.0 Å². The molecule has 0 unspecified atom stereocenters. The number of nitrogens with one attached hydrogen (secondary N) is 2. The summed E-state index contributed by atoms with van der Waals surface area (Å²) in [4.78, 5) is 24.4. The number of hydrogen-bond donors (Lipinski definition) is 2. The zero-order valence-corrected chi connectivity index (χ0v) is 13.6. The lowest BCUT2D eigenvalue weighted by atomic mass is 10.0. The van der Waals surface area contributed by atoms with E-state index >= 15 is 0 Å². The van der Waals surface area contributed by atoms with Crippen molar-refractivity contribution in [2.45, 2.75) is 6.92 Å². The Balaban J connectivity index is 2.28. The first-order chi connectivity index (χ1) is 11.6. The van der Waals surface area contributed by atoms with Crippen LogP contribution in [0.5, 0.6) is 5.75 Å². The summed E-state index contributed by atoms with van der Waals surface area (Å²) in [6.45, 7) is 1.44. The first-order valence-electron chi connectivity index (χ1n) is 7.37. The van der Waals surface area contributed by atoms with E-state index in [1.165, 1.54) is 6.92 Å². The normalized spacial score (nSPS) is 10.5. The van der Waals surface area contributed by atoms with Crippen molar-refractivity contribution in [2.75, 3.05) is 24.8 Å².